The summed E-state index contributed by atoms with van der Waals surface area (Å²) in [5.74, 6) is 0. The highest BCUT2D eigenvalue weighted by molar-refractivity contribution is 6.24. The number of aromatic nitrogens is 1. The van der Waals surface area contributed by atoms with Crippen LogP contribution >= 0.6 is 0 Å². The Morgan fingerprint density at radius 1 is 0.389 bits per heavy atom. The van der Waals surface area contributed by atoms with Crippen molar-refractivity contribution in [2.24, 2.45) is 0 Å². The van der Waals surface area contributed by atoms with Gasteiger partial charge in [0.2, 0.25) is 5.71 Å². The molecule has 0 bridgehead atoms. The van der Waals surface area contributed by atoms with Crippen molar-refractivity contribution in [3.05, 3.63) is 194 Å². The van der Waals surface area contributed by atoms with Crippen LogP contribution in [0.1, 0.15) is 0 Å². The lowest BCUT2D eigenvalue weighted by Gasteiger charge is -2.26. The second-order valence-corrected chi connectivity index (χ2v) is 13.7. The highest BCUT2D eigenvalue weighted by atomic mass is 16.3. The zero-order chi connectivity index (χ0) is 35.6. The highest BCUT2D eigenvalue weighted by Gasteiger charge is 2.23. The minimum Gasteiger partial charge on any atom is -0.454 e. The van der Waals surface area contributed by atoms with Gasteiger partial charge in [-0.1, -0.05) is 133 Å². The van der Waals surface area contributed by atoms with Crippen LogP contribution in [0.25, 0.3) is 82.9 Å². The van der Waals surface area contributed by atoms with Crippen LogP contribution in [0.4, 0.5) is 17.1 Å². The van der Waals surface area contributed by atoms with Gasteiger partial charge >= 0.3 is 0 Å². The number of para-hydroxylation sites is 4. The van der Waals surface area contributed by atoms with Crippen LogP contribution in [0, 0.1) is 0 Å². The lowest BCUT2D eigenvalue weighted by atomic mass is 9.98. The maximum absolute atomic E-state index is 6.60. The molecule has 11 rings (SSSR count). The van der Waals surface area contributed by atoms with Gasteiger partial charge in [-0.15, -0.1) is 0 Å². The van der Waals surface area contributed by atoms with E-state index in [1.807, 2.05) is 24.3 Å². The maximum Gasteiger partial charge on any atom is 0.213 e. The second-order valence-electron chi connectivity index (χ2n) is 13.7. The summed E-state index contributed by atoms with van der Waals surface area (Å²) in [5, 5.41) is 5.62. The first-order valence-electron chi connectivity index (χ1n) is 18.3. The van der Waals surface area contributed by atoms with Crippen molar-refractivity contribution >= 4 is 72.0 Å². The van der Waals surface area contributed by atoms with Crippen molar-refractivity contribution in [3.63, 3.8) is 0 Å². The van der Waals surface area contributed by atoms with Gasteiger partial charge in [0.05, 0.1) is 16.6 Å². The van der Waals surface area contributed by atoms with Crippen LogP contribution in [0.2, 0.25) is 0 Å². The monoisotopic (exact) mass is 692 g/mol. The van der Waals surface area contributed by atoms with E-state index in [4.69, 9.17) is 8.83 Å². The largest absolute Gasteiger partial charge is 0.454 e. The standard InChI is InChI=1S/C50H32N2O2/c1-3-13-33(14-4-1)34-25-29-37(30-26-34)51(44-22-12-20-41-40-17-7-9-23-45(40)53-49(41)44)38-31-27-35(28-32-38)39-19-11-21-43-47(39)48-42-18-8-10-24-46(42)54-50(48)52(43)36-15-5-2-6-16-36/h1-32H. The summed E-state index contributed by atoms with van der Waals surface area (Å²) in [7, 11) is 0. The number of hydrogen-bond acceptors (Lipinski definition) is 3. The summed E-state index contributed by atoms with van der Waals surface area (Å²) in [5.41, 5.74) is 13.4. The molecule has 0 aliphatic heterocycles. The third-order valence-corrected chi connectivity index (χ3v) is 10.6. The Balaban J connectivity index is 1.09. The molecule has 0 saturated carbocycles. The molecule has 11 aromatic rings. The Morgan fingerprint density at radius 3 is 1.70 bits per heavy atom. The van der Waals surface area contributed by atoms with E-state index in [2.05, 4.69) is 179 Å². The smallest absolute Gasteiger partial charge is 0.213 e. The van der Waals surface area contributed by atoms with E-state index in [1.165, 1.54) is 16.5 Å². The molecule has 0 fully saturated rings. The quantitative estimate of drug-likeness (QED) is 0.174. The van der Waals surface area contributed by atoms with Crippen molar-refractivity contribution in [2.75, 3.05) is 4.90 Å². The van der Waals surface area contributed by atoms with Crippen LogP contribution in [0.3, 0.4) is 0 Å². The fraction of sp³-hybridized carbons (Fsp3) is 0. The normalized spacial score (nSPS) is 11.7. The molecule has 4 heteroatoms. The van der Waals surface area contributed by atoms with Gasteiger partial charge in [0.15, 0.2) is 5.58 Å². The average Bonchev–Trinajstić information content (AvgIpc) is 3.91. The minimum atomic E-state index is 0.852. The highest BCUT2D eigenvalue weighted by Crippen LogP contribution is 2.45. The van der Waals surface area contributed by atoms with E-state index < -0.39 is 0 Å². The first-order valence-corrected chi connectivity index (χ1v) is 18.3. The van der Waals surface area contributed by atoms with Gasteiger partial charge in [0.25, 0.3) is 0 Å². The molecule has 8 aromatic carbocycles. The fourth-order valence-electron chi connectivity index (χ4n) is 8.16. The van der Waals surface area contributed by atoms with E-state index in [1.54, 1.807) is 0 Å². The molecule has 0 aliphatic rings. The molecule has 0 radical (unpaired) electrons. The molecule has 254 valence electrons. The van der Waals surface area contributed by atoms with Crippen molar-refractivity contribution in [1.29, 1.82) is 0 Å². The van der Waals surface area contributed by atoms with Crippen LogP contribution in [0.15, 0.2) is 203 Å². The summed E-state index contributed by atoms with van der Waals surface area (Å²) in [6, 6.07) is 68.3. The molecule has 0 atom stereocenters. The summed E-state index contributed by atoms with van der Waals surface area (Å²) >= 11 is 0. The van der Waals surface area contributed by atoms with Crippen LogP contribution < -0.4 is 4.90 Å². The number of fused-ring (bicyclic) bond motifs is 8. The first kappa shape index (κ1) is 30.3. The minimum absolute atomic E-state index is 0.852. The summed E-state index contributed by atoms with van der Waals surface area (Å²) in [4.78, 5) is 2.30. The van der Waals surface area contributed by atoms with Gasteiger partial charge in [-0.3, -0.25) is 4.57 Å². The SMILES string of the molecule is c1ccc(-c2ccc(N(c3ccc(-c4cccc5c4c4c6ccccc6oc4n5-c4ccccc4)cc3)c3cccc4c3oc3ccccc34)cc2)cc1. The number of hydrogen-bond donors (Lipinski definition) is 0. The Bertz CT molecular complexity index is 3130. The summed E-state index contributed by atoms with van der Waals surface area (Å²) in [6.07, 6.45) is 0. The third kappa shape index (κ3) is 4.70. The van der Waals surface area contributed by atoms with Gasteiger partial charge in [0.1, 0.15) is 11.2 Å². The zero-order valence-electron chi connectivity index (χ0n) is 29.2. The van der Waals surface area contributed by atoms with E-state index in [9.17, 15) is 0 Å². The fourth-order valence-corrected chi connectivity index (χ4v) is 8.16. The van der Waals surface area contributed by atoms with Crippen LogP contribution in [-0.2, 0) is 0 Å². The van der Waals surface area contributed by atoms with Gasteiger partial charge in [-0.25, -0.2) is 0 Å². The Hall–Kier alpha value is -7.30. The van der Waals surface area contributed by atoms with Gasteiger partial charge in [-0.05, 0) is 82.9 Å². The van der Waals surface area contributed by atoms with Gasteiger partial charge < -0.3 is 13.7 Å². The lowest BCUT2D eigenvalue weighted by molar-refractivity contribution is 0.645. The van der Waals surface area contributed by atoms with E-state index in [0.29, 0.717) is 0 Å². The Morgan fingerprint density at radius 2 is 0.963 bits per heavy atom. The van der Waals surface area contributed by atoms with Gasteiger partial charge in [-0.2, -0.15) is 0 Å². The predicted octanol–water partition coefficient (Wildman–Crippen LogP) is 14.2. The van der Waals surface area contributed by atoms with Gasteiger partial charge in [0, 0.05) is 38.6 Å². The number of benzene rings is 8. The van der Waals surface area contributed by atoms with E-state index in [-0.39, 0.29) is 0 Å². The molecule has 0 aliphatic carbocycles. The Labute approximate surface area is 311 Å². The molecule has 4 nitrogen and oxygen atoms in total. The molecule has 3 heterocycles. The molecular weight excluding hydrogens is 661 g/mol. The third-order valence-electron chi connectivity index (χ3n) is 10.6. The van der Waals surface area contributed by atoms with Crippen LogP contribution in [0.5, 0.6) is 0 Å². The van der Waals surface area contributed by atoms with E-state index in [0.717, 1.165) is 83.4 Å². The van der Waals surface area contributed by atoms with Crippen LogP contribution in [-0.4, -0.2) is 4.57 Å². The van der Waals surface area contributed by atoms with Crippen molar-refractivity contribution < 1.29 is 8.83 Å². The molecule has 0 N–H and O–H groups in total. The predicted molar refractivity (Wildman–Crippen MR) is 223 cm³/mol. The molecule has 54 heavy (non-hydrogen) atoms. The summed E-state index contributed by atoms with van der Waals surface area (Å²) in [6.45, 7) is 0. The molecule has 0 spiro atoms. The van der Waals surface area contributed by atoms with Crippen molar-refractivity contribution in [1.82, 2.24) is 4.57 Å². The van der Waals surface area contributed by atoms with Crippen molar-refractivity contribution in [3.8, 4) is 27.9 Å². The second kappa shape index (κ2) is 12.1. The maximum atomic E-state index is 6.60. The molecule has 3 aromatic heterocycles. The molecular formula is C50H32N2O2. The molecule has 0 unspecified atom stereocenters. The number of anilines is 3. The zero-order valence-corrected chi connectivity index (χ0v) is 29.2. The van der Waals surface area contributed by atoms with E-state index >= 15 is 0 Å². The first-order chi connectivity index (χ1) is 26.8. The summed E-state index contributed by atoms with van der Waals surface area (Å²) < 4.78 is 15.4. The molecule has 0 saturated heterocycles. The lowest BCUT2D eigenvalue weighted by Crippen LogP contribution is -2.10. The number of nitrogens with zero attached hydrogens (tertiary/aromatic N) is 2. The molecule has 0 amide bonds. The topological polar surface area (TPSA) is 34.5 Å². The van der Waals surface area contributed by atoms with Crippen molar-refractivity contribution in [2.45, 2.75) is 0 Å². The Kier molecular flexibility index (Phi) is 6.82. The number of rotatable bonds is 6. The average molecular weight is 693 g/mol. The number of furan rings is 2.